The van der Waals surface area contributed by atoms with Crippen molar-refractivity contribution in [3.05, 3.63) is 28.3 Å². The van der Waals surface area contributed by atoms with Gasteiger partial charge in [-0.1, -0.05) is 0 Å². The Bertz CT molecular complexity index is 684. The van der Waals surface area contributed by atoms with Gasteiger partial charge >= 0.3 is 0 Å². The Labute approximate surface area is 120 Å². The minimum absolute atomic E-state index is 0.131. The van der Waals surface area contributed by atoms with Crippen molar-refractivity contribution in [2.45, 2.75) is 23.8 Å². The van der Waals surface area contributed by atoms with Gasteiger partial charge in [-0.25, -0.2) is 13.1 Å². The van der Waals surface area contributed by atoms with Crippen molar-refractivity contribution < 1.29 is 18.1 Å². The van der Waals surface area contributed by atoms with E-state index in [1.165, 1.54) is 0 Å². The number of hydrogen-bond acceptors (Lipinski definition) is 6. The maximum Gasteiger partial charge on any atom is 0.271 e. The Morgan fingerprint density at radius 2 is 2.10 bits per heavy atom. The summed E-state index contributed by atoms with van der Waals surface area (Å²) in [4.78, 5) is 21.0. The number of amides is 1. The normalized spacial score (nSPS) is 14.7. The van der Waals surface area contributed by atoms with E-state index in [4.69, 9.17) is 5.73 Å². The summed E-state index contributed by atoms with van der Waals surface area (Å²) in [6.45, 7) is -0.407. The molecule has 0 bridgehead atoms. The molecule has 1 aliphatic rings. The number of sulfonamides is 1. The maximum absolute atomic E-state index is 12.0. The van der Waals surface area contributed by atoms with Crippen LogP contribution < -0.4 is 15.8 Å². The fourth-order valence-electron chi connectivity index (χ4n) is 1.64. The minimum atomic E-state index is -4.00. The van der Waals surface area contributed by atoms with Crippen LogP contribution in [0.25, 0.3) is 0 Å². The number of nitro groups is 1. The lowest BCUT2D eigenvalue weighted by molar-refractivity contribution is -0.384. The smallest absolute Gasteiger partial charge is 0.271 e. The third-order valence-electron chi connectivity index (χ3n) is 2.86. The Balaban J connectivity index is 2.07. The number of rotatable bonds is 6. The molecule has 10 heteroatoms. The second kappa shape index (κ2) is 5.66. The lowest BCUT2D eigenvalue weighted by atomic mass is 10.3. The molecule has 0 atom stereocenters. The fourth-order valence-corrected chi connectivity index (χ4v) is 2.73. The molecule has 1 fully saturated rings. The third kappa shape index (κ3) is 3.89. The first kappa shape index (κ1) is 15.2. The number of nitrogen functional groups attached to an aromatic ring is 1. The van der Waals surface area contributed by atoms with Crippen LogP contribution in [-0.4, -0.2) is 31.8 Å². The van der Waals surface area contributed by atoms with E-state index in [-0.39, 0.29) is 22.3 Å². The number of hydrogen-bond donors (Lipinski definition) is 3. The van der Waals surface area contributed by atoms with Gasteiger partial charge in [0, 0.05) is 18.2 Å². The van der Waals surface area contributed by atoms with Gasteiger partial charge in [-0.3, -0.25) is 14.9 Å². The van der Waals surface area contributed by atoms with Crippen LogP contribution in [0.1, 0.15) is 12.8 Å². The molecule has 0 aromatic heterocycles. The Hall–Kier alpha value is -2.20. The molecule has 0 radical (unpaired) electrons. The highest BCUT2D eigenvalue weighted by molar-refractivity contribution is 7.89. The summed E-state index contributed by atoms with van der Waals surface area (Å²) >= 11 is 0. The van der Waals surface area contributed by atoms with Crippen molar-refractivity contribution in [3.8, 4) is 0 Å². The van der Waals surface area contributed by atoms with Crippen LogP contribution in [0.3, 0.4) is 0 Å². The van der Waals surface area contributed by atoms with E-state index in [2.05, 4.69) is 10.0 Å². The standard InChI is InChI=1S/C11H14N4O5S/c12-9-5-8(15(17)18)3-4-10(9)21(19,20)13-6-11(16)14-7-1-2-7/h3-5,7,13H,1-2,6,12H2,(H,14,16). The number of benzene rings is 1. The first-order valence-electron chi connectivity index (χ1n) is 6.12. The molecule has 0 heterocycles. The van der Waals surface area contributed by atoms with E-state index in [1.807, 2.05) is 0 Å². The number of nitrogens with two attached hydrogens (primary N) is 1. The number of nitrogens with one attached hydrogen (secondary N) is 2. The van der Waals surface area contributed by atoms with E-state index >= 15 is 0 Å². The van der Waals surface area contributed by atoms with E-state index in [9.17, 15) is 23.3 Å². The Morgan fingerprint density at radius 1 is 1.43 bits per heavy atom. The molecule has 1 aliphatic carbocycles. The monoisotopic (exact) mass is 314 g/mol. The van der Waals surface area contributed by atoms with Crippen molar-refractivity contribution in [2.24, 2.45) is 0 Å². The number of carbonyl (C=O) groups is 1. The van der Waals surface area contributed by atoms with Gasteiger partial charge in [0.05, 0.1) is 17.2 Å². The van der Waals surface area contributed by atoms with Crippen LogP contribution in [-0.2, 0) is 14.8 Å². The number of carbonyl (C=O) groups excluding carboxylic acids is 1. The molecule has 1 aromatic rings. The maximum atomic E-state index is 12.0. The second-order valence-corrected chi connectivity index (χ2v) is 6.38. The van der Waals surface area contributed by atoms with Crippen LogP contribution in [0.2, 0.25) is 0 Å². The summed E-state index contributed by atoms with van der Waals surface area (Å²) in [5, 5.41) is 13.2. The van der Waals surface area contributed by atoms with E-state index in [0.717, 1.165) is 31.0 Å². The van der Waals surface area contributed by atoms with Crippen LogP contribution >= 0.6 is 0 Å². The molecule has 9 nitrogen and oxygen atoms in total. The highest BCUT2D eigenvalue weighted by atomic mass is 32.2. The number of nitro benzene ring substituents is 1. The van der Waals surface area contributed by atoms with Gasteiger partial charge in [-0.05, 0) is 18.9 Å². The molecule has 0 saturated heterocycles. The van der Waals surface area contributed by atoms with Crippen LogP contribution in [0.15, 0.2) is 23.1 Å². The lowest BCUT2D eigenvalue weighted by Crippen LogP contribution is -2.38. The van der Waals surface area contributed by atoms with Gasteiger partial charge in [0.1, 0.15) is 4.90 Å². The molecule has 4 N–H and O–H groups in total. The van der Waals surface area contributed by atoms with Crippen molar-refractivity contribution in [1.29, 1.82) is 0 Å². The van der Waals surface area contributed by atoms with E-state index < -0.39 is 27.4 Å². The van der Waals surface area contributed by atoms with Crippen LogP contribution in [0, 0.1) is 10.1 Å². The van der Waals surface area contributed by atoms with Gasteiger partial charge in [0.2, 0.25) is 15.9 Å². The zero-order valence-electron chi connectivity index (χ0n) is 10.9. The summed E-state index contributed by atoms with van der Waals surface area (Å²) < 4.78 is 26.1. The van der Waals surface area contributed by atoms with E-state index in [0.29, 0.717) is 0 Å². The fraction of sp³-hybridized carbons (Fsp3) is 0.364. The third-order valence-corrected chi connectivity index (χ3v) is 4.33. The van der Waals surface area contributed by atoms with Gasteiger partial charge in [0.25, 0.3) is 5.69 Å². The molecule has 21 heavy (non-hydrogen) atoms. The van der Waals surface area contributed by atoms with Crippen molar-refractivity contribution in [3.63, 3.8) is 0 Å². The van der Waals surface area contributed by atoms with Crippen LogP contribution in [0.4, 0.5) is 11.4 Å². The number of non-ortho nitro benzene ring substituents is 1. The average molecular weight is 314 g/mol. The lowest BCUT2D eigenvalue weighted by Gasteiger charge is -2.09. The van der Waals surface area contributed by atoms with Gasteiger partial charge < -0.3 is 11.1 Å². The summed E-state index contributed by atoms with van der Waals surface area (Å²) in [5.74, 6) is -0.429. The Kier molecular flexibility index (Phi) is 4.09. The predicted octanol–water partition coefficient (Wildman–Crippen LogP) is -0.266. The molecule has 0 spiro atoms. The first-order chi connectivity index (χ1) is 9.79. The topological polar surface area (TPSA) is 144 Å². The summed E-state index contributed by atoms with van der Waals surface area (Å²) in [6.07, 6.45) is 1.79. The van der Waals surface area contributed by atoms with Gasteiger partial charge in [-0.2, -0.15) is 0 Å². The molecule has 1 saturated carbocycles. The van der Waals surface area contributed by atoms with Gasteiger partial charge in [-0.15, -0.1) is 0 Å². The van der Waals surface area contributed by atoms with Crippen molar-refractivity contribution in [1.82, 2.24) is 10.0 Å². The van der Waals surface area contributed by atoms with E-state index in [1.54, 1.807) is 0 Å². The Morgan fingerprint density at radius 3 is 2.62 bits per heavy atom. The van der Waals surface area contributed by atoms with Crippen molar-refractivity contribution >= 4 is 27.3 Å². The highest BCUT2D eigenvalue weighted by Crippen LogP contribution is 2.23. The SMILES string of the molecule is Nc1cc([N+](=O)[O-])ccc1S(=O)(=O)NCC(=O)NC1CC1. The summed E-state index contributed by atoms with van der Waals surface area (Å²) in [6, 6.07) is 3.16. The summed E-state index contributed by atoms with van der Waals surface area (Å²) in [7, 11) is -4.00. The molecule has 0 unspecified atom stereocenters. The van der Waals surface area contributed by atoms with Crippen molar-refractivity contribution in [2.75, 3.05) is 12.3 Å². The molecule has 2 rings (SSSR count). The zero-order valence-corrected chi connectivity index (χ0v) is 11.7. The molecular weight excluding hydrogens is 300 g/mol. The second-order valence-electron chi connectivity index (χ2n) is 4.65. The number of anilines is 1. The zero-order chi connectivity index (χ0) is 15.6. The molecule has 1 aromatic carbocycles. The van der Waals surface area contributed by atoms with Crippen LogP contribution in [0.5, 0.6) is 0 Å². The number of nitrogens with zero attached hydrogens (tertiary/aromatic N) is 1. The molecule has 114 valence electrons. The predicted molar refractivity (Wildman–Crippen MR) is 73.9 cm³/mol. The van der Waals surface area contributed by atoms with Gasteiger partial charge in [0.15, 0.2) is 0 Å². The molecule has 0 aliphatic heterocycles. The highest BCUT2D eigenvalue weighted by Gasteiger charge is 2.25. The first-order valence-corrected chi connectivity index (χ1v) is 7.61. The average Bonchev–Trinajstić information content (AvgIpc) is 3.20. The molecular formula is C11H14N4O5S. The summed E-state index contributed by atoms with van der Waals surface area (Å²) in [5.41, 5.74) is 4.96. The quantitative estimate of drug-likeness (QED) is 0.374. The largest absolute Gasteiger partial charge is 0.397 e. The molecule has 1 amide bonds. The minimum Gasteiger partial charge on any atom is -0.397 e.